The van der Waals surface area contributed by atoms with Crippen molar-refractivity contribution in [1.29, 1.82) is 0 Å². The lowest BCUT2D eigenvalue weighted by atomic mass is 9.86. The first kappa shape index (κ1) is 15.9. The molecular weight excluding hydrogens is 246 g/mol. The van der Waals surface area contributed by atoms with E-state index in [1.54, 1.807) is 13.8 Å². The minimum Gasteiger partial charge on any atom is -0.365 e. The Hall–Kier alpha value is -1.14. The van der Waals surface area contributed by atoms with Gasteiger partial charge < -0.3 is 15.8 Å². The molecule has 0 aromatic heterocycles. The first-order valence-electron chi connectivity index (χ1n) is 7.02. The van der Waals surface area contributed by atoms with Crippen LogP contribution in [-0.4, -0.2) is 37.2 Å². The van der Waals surface area contributed by atoms with Crippen LogP contribution in [0.1, 0.15) is 39.5 Å². The topological polar surface area (TPSA) is 93.5 Å². The second-order valence-electron chi connectivity index (χ2n) is 4.95. The van der Waals surface area contributed by atoms with Crippen molar-refractivity contribution in [1.82, 2.24) is 10.6 Å². The van der Waals surface area contributed by atoms with Gasteiger partial charge in [-0.05, 0) is 39.2 Å². The minimum absolute atomic E-state index is 0.0220. The number of ether oxygens (including phenoxy) is 1. The average Bonchev–Trinajstić information content (AvgIpc) is 2.39. The Labute approximate surface area is 114 Å². The van der Waals surface area contributed by atoms with Gasteiger partial charge in [-0.2, -0.15) is 0 Å². The first-order chi connectivity index (χ1) is 9.08. The van der Waals surface area contributed by atoms with Gasteiger partial charge in [0.25, 0.3) is 5.91 Å². The van der Waals surface area contributed by atoms with E-state index in [9.17, 15) is 9.59 Å². The molecule has 3 amide bonds. The second kappa shape index (κ2) is 8.12. The summed E-state index contributed by atoms with van der Waals surface area (Å²) in [7, 11) is 0. The van der Waals surface area contributed by atoms with Crippen molar-refractivity contribution in [3.05, 3.63) is 0 Å². The van der Waals surface area contributed by atoms with Crippen molar-refractivity contribution in [3.8, 4) is 0 Å². The highest BCUT2D eigenvalue weighted by molar-refractivity contribution is 5.96. The van der Waals surface area contributed by atoms with Crippen molar-refractivity contribution in [3.63, 3.8) is 0 Å². The van der Waals surface area contributed by atoms with Gasteiger partial charge in [0.2, 0.25) is 0 Å². The third-order valence-electron chi connectivity index (χ3n) is 3.46. The monoisotopic (exact) mass is 271 g/mol. The molecular formula is C13H25N3O3. The number of urea groups is 1. The fourth-order valence-electron chi connectivity index (χ4n) is 2.36. The number of carbonyl (C=O) groups is 2. The molecule has 3 atom stereocenters. The predicted octanol–water partition coefficient (Wildman–Crippen LogP) is 0.755. The lowest BCUT2D eigenvalue weighted by molar-refractivity contribution is -0.137. The van der Waals surface area contributed by atoms with Gasteiger partial charge in [0.15, 0.2) is 0 Å². The molecule has 0 spiro atoms. The summed E-state index contributed by atoms with van der Waals surface area (Å²) in [6.45, 7) is 4.51. The fraction of sp³-hybridized carbons (Fsp3) is 0.846. The quantitative estimate of drug-likeness (QED) is 0.688. The number of hydrogen-bond acceptors (Lipinski definition) is 4. The van der Waals surface area contributed by atoms with Crippen LogP contribution < -0.4 is 16.4 Å². The lowest BCUT2D eigenvalue weighted by Crippen LogP contribution is -2.46. The van der Waals surface area contributed by atoms with Gasteiger partial charge in [0.05, 0.1) is 6.10 Å². The molecule has 110 valence electrons. The maximum absolute atomic E-state index is 11.8. The van der Waals surface area contributed by atoms with Gasteiger partial charge in [-0.3, -0.25) is 10.1 Å². The zero-order valence-corrected chi connectivity index (χ0v) is 11.8. The van der Waals surface area contributed by atoms with Gasteiger partial charge >= 0.3 is 6.03 Å². The van der Waals surface area contributed by atoms with Gasteiger partial charge in [0.1, 0.15) is 6.10 Å². The number of amides is 3. The van der Waals surface area contributed by atoms with Gasteiger partial charge in [0, 0.05) is 6.54 Å². The highest BCUT2D eigenvalue weighted by atomic mass is 16.5. The van der Waals surface area contributed by atoms with Crippen LogP contribution in [0, 0.1) is 5.92 Å². The van der Waals surface area contributed by atoms with Gasteiger partial charge in [-0.1, -0.05) is 12.8 Å². The number of carbonyl (C=O) groups excluding carboxylic acids is 2. The molecule has 0 heterocycles. The number of nitrogens with two attached hydrogens (primary N) is 1. The van der Waals surface area contributed by atoms with Crippen LogP contribution in [0.5, 0.6) is 0 Å². The zero-order valence-electron chi connectivity index (χ0n) is 11.8. The highest BCUT2D eigenvalue weighted by Gasteiger charge is 2.28. The summed E-state index contributed by atoms with van der Waals surface area (Å²) in [5, 5.41) is 4.77. The Balaban J connectivity index is 2.41. The largest absolute Gasteiger partial charge is 0.365 e. The molecule has 0 aromatic carbocycles. The Morgan fingerprint density at radius 3 is 2.68 bits per heavy atom. The average molecular weight is 271 g/mol. The molecule has 3 unspecified atom stereocenters. The number of nitrogens with one attached hydrogen (secondary N) is 2. The van der Waals surface area contributed by atoms with E-state index in [4.69, 9.17) is 10.5 Å². The summed E-state index contributed by atoms with van der Waals surface area (Å²) in [5.74, 6) is -0.0965. The van der Waals surface area contributed by atoms with Crippen LogP contribution in [0.25, 0.3) is 0 Å². The predicted molar refractivity (Wildman–Crippen MR) is 72.6 cm³/mol. The van der Waals surface area contributed by atoms with E-state index < -0.39 is 18.0 Å². The summed E-state index contributed by atoms with van der Waals surface area (Å²) in [6, 6.07) is -0.484. The van der Waals surface area contributed by atoms with Crippen molar-refractivity contribution < 1.29 is 14.3 Å². The second-order valence-corrected chi connectivity index (χ2v) is 4.95. The van der Waals surface area contributed by atoms with Crippen molar-refractivity contribution in [2.45, 2.75) is 51.7 Å². The first-order valence-corrected chi connectivity index (χ1v) is 7.02. The molecule has 1 rings (SSSR count). The highest BCUT2D eigenvalue weighted by Crippen LogP contribution is 2.26. The number of rotatable bonds is 5. The van der Waals surface area contributed by atoms with E-state index >= 15 is 0 Å². The van der Waals surface area contributed by atoms with Crippen LogP contribution >= 0.6 is 0 Å². The maximum atomic E-state index is 11.8. The van der Waals surface area contributed by atoms with E-state index in [-0.39, 0.29) is 6.10 Å². The maximum Gasteiger partial charge on any atom is 0.321 e. The molecule has 19 heavy (non-hydrogen) atoms. The van der Waals surface area contributed by atoms with Crippen LogP contribution in [0.15, 0.2) is 0 Å². The Bertz CT molecular complexity index is 310. The molecule has 0 bridgehead atoms. The van der Waals surface area contributed by atoms with E-state index in [1.165, 1.54) is 6.42 Å². The molecule has 1 aliphatic carbocycles. The number of imide groups is 1. The summed E-state index contributed by atoms with van der Waals surface area (Å²) in [5.41, 5.74) is 5.72. The molecule has 6 heteroatoms. The Morgan fingerprint density at radius 1 is 1.37 bits per heavy atom. The smallest absolute Gasteiger partial charge is 0.321 e. The summed E-state index contributed by atoms with van der Waals surface area (Å²) in [4.78, 5) is 23.0. The van der Waals surface area contributed by atoms with Gasteiger partial charge in [-0.25, -0.2) is 4.79 Å². The SMILES string of the molecule is CCNC(=O)NC(=O)C(C)OC1CCCCC1CN. The van der Waals surface area contributed by atoms with E-state index in [0.29, 0.717) is 19.0 Å². The Kier molecular flexibility index (Phi) is 6.80. The minimum atomic E-state index is -0.639. The molecule has 1 fully saturated rings. The molecule has 0 aliphatic heterocycles. The van der Waals surface area contributed by atoms with E-state index in [2.05, 4.69) is 10.6 Å². The normalized spacial score (nSPS) is 24.6. The third-order valence-corrected chi connectivity index (χ3v) is 3.46. The van der Waals surface area contributed by atoms with E-state index in [0.717, 1.165) is 19.3 Å². The van der Waals surface area contributed by atoms with Crippen LogP contribution in [0.3, 0.4) is 0 Å². The van der Waals surface area contributed by atoms with Crippen LogP contribution in [0.2, 0.25) is 0 Å². The van der Waals surface area contributed by atoms with Crippen molar-refractivity contribution in [2.24, 2.45) is 11.7 Å². The molecule has 1 saturated carbocycles. The Morgan fingerprint density at radius 2 is 2.05 bits per heavy atom. The molecule has 0 saturated heterocycles. The van der Waals surface area contributed by atoms with Crippen molar-refractivity contribution >= 4 is 11.9 Å². The molecule has 0 radical (unpaired) electrons. The lowest BCUT2D eigenvalue weighted by Gasteiger charge is -2.32. The third kappa shape index (κ3) is 5.16. The van der Waals surface area contributed by atoms with Gasteiger partial charge in [-0.15, -0.1) is 0 Å². The standard InChI is InChI=1S/C13H25N3O3/c1-3-15-13(18)16-12(17)9(2)19-11-7-5-4-6-10(11)8-14/h9-11H,3-8,14H2,1-2H3,(H2,15,16,17,18). The summed E-state index contributed by atoms with van der Waals surface area (Å²) < 4.78 is 5.76. The molecule has 0 aromatic rings. The van der Waals surface area contributed by atoms with Crippen LogP contribution in [-0.2, 0) is 9.53 Å². The molecule has 6 nitrogen and oxygen atoms in total. The summed E-state index contributed by atoms with van der Waals surface area (Å²) >= 11 is 0. The summed E-state index contributed by atoms with van der Waals surface area (Å²) in [6.07, 6.45) is 3.63. The zero-order chi connectivity index (χ0) is 14.3. The van der Waals surface area contributed by atoms with Crippen LogP contribution in [0.4, 0.5) is 4.79 Å². The van der Waals surface area contributed by atoms with E-state index in [1.807, 2.05) is 0 Å². The molecule has 1 aliphatic rings. The number of hydrogen-bond donors (Lipinski definition) is 3. The molecule has 4 N–H and O–H groups in total. The van der Waals surface area contributed by atoms with Crippen molar-refractivity contribution in [2.75, 3.05) is 13.1 Å². The fourth-order valence-corrected chi connectivity index (χ4v) is 2.36.